The van der Waals surface area contributed by atoms with Crippen molar-refractivity contribution in [2.24, 2.45) is 5.92 Å². The van der Waals surface area contributed by atoms with Crippen LogP contribution in [-0.4, -0.2) is 49.6 Å². The Balaban J connectivity index is 1.53. The highest BCUT2D eigenvalue weighted by atomic mass is 32.2. The second-order valence-corrected chi connectivity index (χ2v) is 8.93. The molecule has 0 saturated carbocycles. The van der Waals surface area contributed by atoms with Gasteiger partial charge in [0.05, 0.1) is 12.3 Å². The average Bonchev–Trinajstić information content (AvgIpc) is 3.08. The van der Waals surface area contributed by atoms with E-state index in [0.717, 1.165) is 24.1 Å². The normalized spacial score (nSPS) is 17.9. The lowest BCUT2D eigenvalue weighted by Crippen LogP contribution is -2.46. The number of carbonyl (C=O) groups excluding carboxylic acids is 1. The number of benzene rings is 1. The standard InChI is InChI=1S/C18H23N3O4S/c1-26(23,24)13-14-6-5-9-21(12-14)18(22)19-11-16-10-17(20-25-16)15-7-3-2-4-8-15/h2-4,7-8,10,14H,5-6,9,11-13H2,1H3,(H,19,22). The number of amides is 2. The number of nitrogens with zero attached hydrogens (tertiary/aromatic N) is 2. The third-order valence-electron chi connectivity index (χ3n) is 4.39. The third kappa shape index (κ3) is 5.08. The summed E-state index contributed by atoms with van der Waals surface area (Å²) in [6.07, 6.45) is 2.88. The van der Waals surface area contributed by atoms with E-state index in [1.807, 2.05) is 30.3 Å². The molecule has 1 unspecified atom stereocenters. The molecule has 8 heteroatoms. The zero-order valence-electron chi connectivity index (χ0n) is 14.7. The van der Waals surface area contributed by atoms with Crippen LogP contribution in [0.3, 0.4) is 0 Å². The number of hydrogen-bond acceptors (Lipinski definition) is 5. The molecule has 0 radical (unpaired) electrons. The molecule has 7 nitrogen and oxygen atoms in total. The lowest BCUT2D eigenvalue weighted by Gasteiger charge is -2.32. The van der Waals surface area contributed by atoms with Crippen LogP contribution >= 0.6 is 0 Å². The Morgan fingerprint density at radius 2 is 2.12 bits per heavy atom. The van der Waals surface area contributed by atoms with Gasteiger partial charge in [0.1, 0.15) is 15.5 Å². The molecule has 1 N–H and O–H groups in total. The molecule has 140 valence electrons. The summed E-state index contributed by atoms with van der Waals surface area (Å²) >= 11 is 0. The molecule has 2 amide bonds. The van der Waals surface area contributed by atoms with Crippen molar-refractivity contribution >= 4 is 15.9 Å². The van der Waals surface area contributed by atoms with Gasteiger partial charge in [-0.25, -0.2) is 13.2 Å². The van der Waals surface area contributed by atoms with Crippen LogP contribution in [0.25, 0.3) is 11.3 Å². The summed E-state index contributed by atoms with van der Waals surface area (Å²) in [5.41, 5.74) is 1.68. The van der Waals surface area contributed by atoms with Gasteiger partial charge in [-0.2, -0.15) is 0 Å². The first-order chi connectivity index (χ1) is 12.4. The molecule has 1 aromatic carbocycles. The van der Waals surface area contributed by atoms with E-state index >= 15 is 0 Å². The molecule has 1 aromatic heterocycles. The van der Waals surface area contributed by atoms with Crippen LogP contribution in [0.4, 0.5) is 4.79 Å². The first-order valence-electron chi connectivity index (χ1n) is 8.62. The van der Waals surface area contributed by atoms with Gasteiger partial charge in [-0.15, -0.1) is 0 Å². The molecule has 2 heterocycles. The molecule has 0 aliphatic carbocycles. The molecule has 1 saturated heterocycles. The van der Waals surface area contributed by atoms with Crippen molar-refractivity contribution in [3.8, 4) is 11.3 Å². The van der Waals surface area contributed by atoms with E-state index in [2.05, 4.69) is 10.5 Å². The van der Waals surface area contributed by atoms with Gasteiger partial charge in [0, 0.05) is 31.0 Å². The highest BCUT2D eigenvalue weighted by Gasteiger charge is 2.26. The van der Waals surface area contributed by atoms with Crippen LogP contribution in [0.2, 0.25) is 0 Å². The molecule has 0 spiro atoms. The number of piperidine rings is 1. The van der Waals surface area contributed by atoms with Gasteiger partial charge in [-0.05, 0) is 18.8 Å². The van der Waals surface area contributed by atoms with Gasteiger partial charge in [0.25, 0.3) is 0 Å². The van der Waals surface area contributed by atoms with Crippen LogP contribution in [0, 0.1) is 5.92 Å². The van der Waals surface area contributed by atoms with E-state index in [4.69, 9.17) is 4.52 Å². The molecule has 1 fully saturated rings. The Labute approximate surface area is 153 Å². The van der Waals surface area contributed by atoms with Gasteiger partial charge >= 0.3 is 6.03 Å². The van der Waals surface area contributed by atoms with E-state index < -0.39 is 9.84 Å². The summed E-state index contributed by atoms with van der Waals surface area (Å²) in [6, 6.07) is 11.3. The lowest BCUT2D eigenvalue weighted by atomic mass is 10.0. The molecule has 3 rings (SSSR count). The maximum atomic E-state index is 12.4. The van der Waals surface area contributed by atoms with Crippen molar-refractivity contribution in [3.05, 3.63) is 42.2 Å². The van der Waals surface area contributed by atoms with E-state index in [-0.39, 0.29) is 24.2 Å². The molecule has 26 heavy (non-hydrogen) atoms. The minimum Gasteiger partial charge on any atom is -0.359 e. The number of rotatable bonds is 5. The molecule has 1 aliphatic rings. The van der Waals surface area contributed by atoms with Crippen LogP contribution in [-0.2, 0) is 16.4 Å². The largest absolute Gasteiger partial charge is 0.359 e. The van der Waals surface area contributed by atoms with Crippen molar-refractivity contribution in [1.82, 2.24) is 15.4 Å². The number of sulfone groups is 1. The van der Waals surface area contributed by atoms with Crippen LogP contribution in [0.1, 0.15) is 18.6 Å². The van der Waals surface area contributed by atoms with Gasteiger partial charge in [-0.1, -0.05) is 35.5 Å². The molecule has 0 bridgehead atoms. The van der Waals surface area contributed by atoms with Crippen molar-refractivity contribution < 1.29 is 17.7 Å². The summed E-state index contributed by atoms with van der Waals surface area (Å²) in [7, 11) is -3.03. The van der Waals surface area contributed by atoms with Gasteiger partial charge in [-0.3, -0.25) is 0 Å². The fraction of sp³-hybridized carbons (Fsp3) is 0.444. The second kappa shape index (κ2) is 7.90. The van der Waals surface area contributed by atoms with Crippen LogP contribution in [0.5, 0.6) is 0 Å². The third-order valence-corrected chi connectivity index (χ3v) is 5.46. The number of urea groups is 1. The Hall–Kier alpha value is -2.35. The zero-order chi connectivity index (χ0) is 18.6. The van der Waals surface area contributed by atoms with Crippen molar-refractivity contribution in [1.29, 1.82) is 0 Å². The summed E-state index contributed by atoms with van der Waals surface area (Å²) in [5, 5.41) is 6.84. The second-order valence-electron chi connectivity index (χ2n) is 6.75. The van der Waals surface area contributed by atoms with Crippen LogP contribution < -0.4 is 5.32 Å². The smallest absolute Gasteiger partial charge is 0.317 e. The van der Waals surface area contributed by atoms with Crippen molar-refractivity contribution in [2.45, 2.75) is 19.4 Å². The Morgan fingerprint density at radius 1 is 1.35 bits per heavy atom. The number of nitrogens with one attached hydrogen (secondary N) is 1. The summed E-state index contributed by atoms with van der Waals surface area (Å²) in [4.78, 5) is 14.0. The van der Waals surface area contributed by atoms with E-state index in [9.17, 15) is 13.2 Å². The summed E-state index contributed by atoms with van der Waals surface area (Å²) < 4.78 is 28.2. The Bertz CT molecular complexity index is 848. The first-order valence-corrected chi connectivity index (χ1v) is 10.7. The van der Waals surface area contributed by atoms with E-state index in [0.29, 0.717) is 18.8 Å². The predicted octanol–water partition coefficient (Wildman–Crippen LogP) is 2.31. The van der Waals surface area contributed by atoms with E-state index in [1.54, 1.807) is 11.0 Å². The summed E-state index contributed by atoms with van der Waals surface area (Å²) in [6.45, 7) is 1.34. The maximum Gasteiger partial charge on any atom is 0.317 e. The van der Waals surface area contributed by atoms with Crippen molar-refractivity contribution in [2.75, 3.05) is 25.1 Å². The van der Waals surface area contributed by atoms with Gasteiger partial charge in [0.15, 0.2) is 5.76 Å². The molecule has 2 aromatic rings. The number of hydrogen-bond donors (Lipinski definition) is 1. The Kier molecular flexibility index (Phi) is 5.61. The average molecular weight is 377 g/mol. The molecular weight excluding hydrogens is 354 g/mol. The molecular formula is C18H23N3O4S. The molecule has 1 atom stereocenters. The fourth-order valence-corrected chi connectivity index (χ4v) is 4.36. The van der Waals surface area contributed by atoms with Crippen LogP contribution in [0.15, 0.2) is 40.9 Å². The predicted molar refractivity (Wildman–Crippen MR) is 98.2 cm³/mol. The topological polar surface area (TPSA) is 92.5 Å². The highest BCUT2D eigenvalue weighted by molar-refractivity contribution is 7.90. The minimum absolute atomic E-state index is 0.000497. The monoisotopic (exact) mass is 377 g/mol. The van der Waals surface area contributed by atoms with Gasteiger partial charge < -0.3 is 14.7 Å². The molecule has 1 aliphatic heterocycles. The minimum atomic E-state index is -3.03. The van der Waals surface area contributed by atoms with Crippen molar-refractivity contribution in [3.63, 3.8) is 0 Å². The highest BCUT2D eigenvalue weighted by Crippen LogP contribution is 2.20. The number of carbonyl (C=O) groups is 1. The summed E-state index contributed by atoms with van der Waals surface area (Å²) in [5.74, 6) is 0.695. The van der Waals surface area contributed by atoms with E-state index in [1.165, 1.54) is 6.26 Å². The lowest BCUT2D eigenvalue weighted by molar-refractivity contribution is 0.169. The maximum absolute atomic E-state index is 12.4. The zero-order valence-corrected chi connectivity index (χ0v) is 15.5. The number of aromatic nitrogens is 1. The Morgan fingerprint density at radius 3 is 2.85 bits per heavy atom. The SMILES string of the molecule is CS(=O)(=O)CC1CCCN(C(=O)NCc2cc(-c3ccccc3)no2)C1. The van der Waals surface area contributed by atoms with Gasteiger partial charge in [0.2, 0.25) is 0 Å². The quantitative estimate of drug-likeness (QED) is 0.863. The number of likely N-dealkylation sites (tertiary alicyclic amines) is 1. The first kappa shape index (κ1) is 18.4. The fourth-order valence-electron chi connectivity index (χ4n) is 3.23.